The van der Waals surface area contributed by atoms with Crippen LogP contribution in [0.15, 0.2) is 102 Å². The number of carbonyl (C=O) groups is 2. The van der Waals surface area contributed by atoms with Gasteiger partial charge in [-0.25, -0.2) is 8.42 Å². The number of benzene rings is 4. The minimum absolute atomic E-state index is 0.0880. The van der Waals surface area contributed by atoms with Gasteiger partial charge in [-0.3, -0.25) is 13.9 Å². The van der Waals surface area contributed by atoms with E-state index in [-0.39, 0.29) is 23.8 Å². The fourth-order valence-corrected chi connectivity index (χ4v) is 6.68. The summed E-state index contributed by atoms with van der Waals surface area (Å²) in [6.07, 6.45) is 0.276. The number of likely N-dealkylation sites (N-methyl/N-ethyl adjacent to an activating group) is 1. The highest BCUT2D eigenvalue weighted by atomic mass is 32.2. The molecule has 4 rings (SSSR count). The van der Waals surface area contributed by atoms with Crippen molar-refractivity contribution in [3.63, 3.8) is 0 Å². The summed E-state index contributed by atoms with van der Waals surface area (Å²) in [6.45, 7) is 9.53. The molecule has 44 heavy (non-hydrogen) atoms. The zero-order chi connectivity index (χ0) is 31.9. The Bertz CT molecular complexity index is 1680. The van der Waals surface area contributed by atoms with Crippen LogP contribution in [0.3, 0.4) is 0 Å². The molecular formula is C36H41N3O4S. The highest BCUT2D eigenvalue weighted by Crippen LogP contribution is 2.27. The van der Waals surface area contributed by atoms with Crippen molar-refractivity contribution >= 4 is 27.5 Å². The molecule has 8 heteroatoms. The van der Waals surface area contributed by atoms with Crippen molar-refractivity contribution in [1.29, 1.82) is 0 Å². The van der Waals surface area contributed by atoms with Crippen molar-refractivity contribution in [3.05, 3.63) is 130 Å². The van der Waals surface area contributed by atoms with Crippen LogP contribution in [0.5, 0.6) is 0 Å². The van der Waals surface area contributed by atoms with Crippen LogP contribution in [0.2, 0.25) is 0 Å². The van der Waals surface area contributed by atoms with E-state index in [4.69, 9.17) is 0 Å². The van der Waals surface area contributed by atoms with Crippen LogP contribution >= 0.6 is 0 Å². The minimum Gasteiger partial charge on any atom is -0.355 e. The molecular weight excluding hydrogens is 570 g/mol. The number of carbonyl (C=O) groups excluding carboxylic acids is 2. The van der Waals surface area contributed by atoms with Gasteiger partial charge in [-0.2, -0.15) is 0 Å². The van der Waals surface area contributed by atoms with Gasteiger partial charge in [-0.05, 0) is 86.7 Å². The second kappa shape index (κ2) is 14.4. The lowest BCUT2D eigenvalue weighted by Crippen LogP contribution is -2.53. The maximum absolute atomic E-state index is 14.5. The second-order valence-electron chi connectivity index (χ2n) is 11.2. The van der Waals surface area contributed by atoms with E-state index in [9.17, 15) is 18.0 Å². The molecule has 1 atom stereocenters. The fraction of sp³-hybridized carbons (Fsp3) is 0.278. The molecule has 0 saturated carbocycles. The number of aryl methyl sites for hydroxylation is 4. The molecule has 230 valence electrons. The minimum atomic E-state index is -4.14. The van der Waals surface area contributed by atoms with Gasteiger partial charge in [-0.1, -0.05) is 78.4 Å². The predicted octanol–water partition coefficient (Wildman–Crippen LogP) is 5.89. The van der Waals surface area contributed by atoms with Gasteiger partial charge in [0.1, 0.15) is 12.6 Å². The summed E-state index contributed by atoms with van der Waals surface area (Å²) >= 11 is 0. The van der Waals surface area contributed by atoms with Crippen LogP contribution < -0.4 is 9.62 Å². The largest absolute Gasteiger partial charge is 0.355 e. The quantitative estimate of drug-likeness (QED) is 0.216. The van der Waals surface area contributed by atoms with Crippen molar-refractivity contribution in [2.45, 2.75) is 58.5 Å². The third-order valence-corrected chi connectivity index (χ3v) is 9.39. The van der Waals surface area contributed by atoms with E-state index in [1.807, 2.05) is 95.3 Å². The topological polar surface area (TPSA) is 86.8 Å². The molecule has 0 aromatic heterocycles. The number of hydrogen-bond donors (Lipinski definition) is 1. The highest BCUT2D eigenvalue weighted by Gasteiger charge is 2.34. The molecule has 0 radical (unpaired) electrons. The van der Waals surface area contributed by atoms with E-state index < -0.39 is 28.5 Å². The molecule has 0 heterocycles. The third kappa shape index (κ3) is 7.94. The van der Waals surface area contributed by atoms with E-state index in [2.05, 4.69) is 5.32 Å². The Morgan fingerprint density at radius 1 is 0.773 bits per heavy atom. The molecule has 0 fully saturated rings. The monoisotopic (exact) mass is 611 g/mol. The lowest BCUT2D eigenvalue weighted by atomic mass is 10.0. The average Bonchev–Trinajstić information content (AvgIpc) is 2.98. The molecule has 4 aromatic carbocycles. The summed E-state index contributed by atoms with van der Waals surface area (Å²) in [5.74, 6) is -0.770. The number of nitrogens with one attached hydrogen (secondary N) is 1. The predicted molar refractivity (Wildman–Crippen MR) is 176 cm³/mol. The number of nitrogens with zero attached hydrogens (tertiary/aromatic N) is 2. The molecule has 0 aliphatic carbocycles. The summed E-state index contributed by atoms with van der Waals surface area (Å²) < 4.78 is 29.6. The van der Waals surface area contributed by atoms with Gasteiger partial charge in [-0.15, -0.1) is 0 Å². The lowest BCUT2D eigenvalue weighted by Gasteiger charge is -2.34. The third-order valence-electron chi connectivity index (χ3n) is 7.61. The van der Waals surface area contributed by atoms with Gasteiger partial charge in [0.2, 0.25) is 11.8 Å². The first-order chi connectivity index (χ1) is 21.0. The molecule has 0 aliphatic rings. The second-order valence-corrected chi connectivity index (χ2v) is 13.1. The number of rotatable bonds is 12. The maximum Gasteiger partial charge on any atom is 0.264 e. The Morgan fingerprint density at radius 2 is 1.39 bits per heavy atom. The SMILES string of the molecule is CCNC(=O)C(Cc1ccccc1)N(Cc1ccccc1C)C(=O)CN(c1cc(C)cc(C)c1)S(=O)(=O)c1ccc(C)cc1. The first-order valence-corrected chi connectivity index (χ1v) is 16.3. The Kier molecular flexibility index (Phi) is 10.6. The van der Waals surface area contributed by atoms with Crippen LogP contribution in [0.4, 0.5) is 5.69 Å². The highest BCUT2D eigenvalue weighted by molar-refractivity contribution is 7.92. The van der Waals surface area contributed by atoms with Crippen molar-refractivity contribution in [2.24, 2.45) is 0 Å². The van der Waals surface area contributed by atoms with Crippen LogP contribution in [0.1, 0.15) is 40.3 Å². The van der Waals surface area contributed by atoms with Crippen molar-refractivity contribution < 1.29 is 18.0 Å². The van der Waals surface area contributed by atoms with E-state index in [1.165, 1.54) is 9.21 Å². The maximum atomic E-state index is 14.5. The summed E-state index contributed by atoms with van der Waals surface area (Å²) in [6, 6.07) is 28.5. The van der Waals surface area contributed by atoms with E-state index in [0.29, 0.717) is 12.2 Å². The standard InChI is InChI=1S/C36H41N3O4S/c1-6-37-36(41)34(23-30-13-8-7-9-14-30)38(24-31-15-11-10-12-29(31)5)35(40)25-39(32-21-27(3)20-28(4)22-32)44(42,43)33-18-16-26(2)17-19-33/h7-22,34H,6,23-25H2,1-5H3,(H,37,41). The molecule has 4 aromatic rings. The van der Waals surface area contributed by atoms with Crippen LogP contribution in [0, 0.1) is 27.7 Å². The van der Waals surface area contributed by atoms with E-state index in [1.54, 1.807) is 36.4 Å². The first-order valence-electron chi connectivity index (χ1n) is 14.8. The van der Waals surface area contributed by atoms with Gasteiger partial charge in [0, 0.05) is 19.5 Å². The van der Waals surface area contributed by atoms with E-state index >= 15 is 0 Å². The summed E-state index contributed by atoms with van der Waals surface area (Å²) in [5, 5.41) is 2.90. The summed E-state index contributed by atoms with van der Waals surface area (Å²) in [5.41, 5.74) is 5.80. The van der Waals surface area contributed by atoms with Crippen molar-refractivity contribution in [2.75, 3.05) is 17.4 Å². The number of hydrogen-bond acceptors (Lipinski definition) is 4. The summed E-state index contributed by atoms with van der Waals surface area (Å²) in [4.78, 5) is 29.8. The first kappa shape index (κ1) is 32.5. The number of sulfonamides is 1. The number of amides is 2. The summed E-state index contributed by atoms with van der Waals surface area (Å²) in [7, 11) is -4.14. The molecule has 1 N–H and O–H groups in total. The molecule has 0 saturated heterocycles. The Labute approximate surface area is 261 Å². The van der Waals surface area contributed by atoms with Crippen LogP contribution in [-0.4, -0.2) is 44.3 Å². The van der Waals surface area contributed by atoms with Gasteiger partial charge >= 0.3 is 0 Å². The van der Waals surface area contributed by atoms with Crippen molar-refractivity contribution in [1.82, 2.24) is 10.2 Å². The zero-order valence-electron chi connectivity index (χ0n) is 26.1. The normalized spacial score (nSPS) is 11.9. The van der Waals surface area contributed by atoms with Crippen molar-refractivity contribution in [3.8, 4) is 0 Å². The lowest BCUT2D eigenvalue weighted by molar-refractivity contribution is -0.140. The van der Waals surface area contributed by atoms with Gasteiger partial charge in [0.05, 0.1) is 10.6 Å². The van der Waals surface area contributed by atoms with Gasteiger partial charge < -0.3 is 10.2 Å². The van der Waals surface area contributed by atoms with E-state index in [0.717, 1.165) is 33.4 Å². The van der Waals surface area contributed by atoms with Gasteiger partial charge in [0.15, 0.2) is 0 Å². The molecule has 1 unspecified atom stereocenters. The smallest absolute Gasteiger partial charge is 0.264 e. The molecule has 0 bridgehead atoms. The van der Waals surface area contributed by atoms with Gasteiger partial charge in [0.25, 0.3) is 10.0 Å². The average molecular weight is 612 g/mol. The molecule has 2 amide bonds. The molecule has 0 aliphatic heterocycles. The van der Waals surface area contributed by atoms with Crippen LogP contribution in [0.25, 0.3) is 0 Å². The number of anilines is 1. The molecule has 0 spiro atoms. The Morgan fingerprint density at radius 3 is 2.00 bits per heavy atom. The molecule has 7 nitrogen and oxygen atoms in total. The zero-order valence-corrected chi connectivity index (χ0v) is 26.9. The Hall–Kier alpha value is -4.43. The Balaban J connectivity index is 1.83. The van der Waals surface area contributed by atoms with Crippen LogP contribution in [-0.2, 0) is 32.6 Å². The fourth-order valence-electron chi connectivity index (χ4n) is 5.28.